The second-order valence-corrected chi connectivity index (χ2v) is 6.34. The fourth-order valence-corrected chi connectivity index (χ4v) is 2.56. The van der Waals surface area contributed by atoms with E-state index in [-0.39, 0.29) is 11.9 Å². The number of hydrogen-bond acceptors (Lipinski definition) is 4. The number of nitrogens with one attached hydrogen (secondary N) is 1. The smallest absolute Gasteiger partial charge is 0.348 e. The lowest BCUT2D eigenvalue weighted by Crippen LogP contribution is -2.37. The van der Waals surface area contributed by atoms with Crippen LogP contribution >= 0.6 is 0 Å². The molecule has 0 spiro atoms. The summed E-state index contributed by atoms with van der Waals surface area (Å²) in [5.41, 5.74) is 0.647. The molecule has 2 aromatic carbocycles. The summed E-state index contributed by atoms with van der Waals surface area (Å²) in [6.45, 7) is 1.84. The molecule has 0 bridgehead atoms. The van der Waals surface area contributed by atoms with Crippen molar-refractivity contribution < 1.29 is 19.1 Å². The maximum absolute atomic E-state index is 12.6. The number of esters is 1. The van der Waals surface area contributed by atoms with Crippen molar-refractivity contribution in [3.8, 4) is 5.75 Å². The van der Waals surface area contributed by atoms with Crippen molar-refractivity contribution in [3.63, 3.8) is 0 Å². The fourth-order valence-electron chi connectivity index (χ4n) is 2.56. The zero-order valence-corrected chi connectivity index (χ0v) is 14.8. The highest BCUT2D eigenvalue weighted by Crippen LogP contribution is 2.24. The summed E-state index contributed by atoms with van der Waals surface area (Å²) >= 11 is 0. The average molecular weight is 353 g/mol. The van der Waals surface area contributed by atoms with Crippen LogP contribution in [0, 0.1) is 0 Å². The molecule has 0 saturated heterocycles. The molecule has 136 valence electrons. The lowest BCUT2D eigenvalue weighted by atomic mass is 10.1. The van der Waals surface area contributed by atoms with Gasteiger partial charge in [-0.3, -0.25) is 4.79 Å². The molecule has 0 unspecified atom stereocenters. The van der Waals surface area contributed by atoms with Crippen LogP contribution in [0.2, 0.25) is 0 Å². The Morgan fingerprint density at radius 1 is 1.04 bits per heavy atom. The minimum Gasteiger partial charge on any atom is -0.479 e. The second kappa shape index (κ2) is 8.52. The third-order valence-corrected chi connectivity index (χ3v) is 4.15. The van der Waals surface area contributed by atoms with Crippen LogP contribution in [0.15, 0.2) is 60.7 Å². The highest BCUT2D eigenvalue weighted by molar-refractivity contribution is 5.86. The number of benzene rings is 2. The van der Waals surface area contributed by atoms with Gasteiger partial charge in [-0.15, -0.1) is 0 Å². The fraction of sp³-hybridized carbons (Fsp3) is 0.333. The lowest BCUT2D eigenvalue weighted by Gasteiger charge is -2.22. The minimum absolute atomic E-state index is 0.190. The molecule has 26 heavy (non-hydrogen) atoms. The van der Waals surface area contributed by atoms with E-state index in [9.17, 15) is 9.59 Å². The maximum atomic E-state index is 12.6. The standard InChI is InChI=1S/C21H23NO4/c1-2-18(25-17-11-7-4-8-12-17)21(24)26-19(15-9-5-3-6-10-15)20(23)22-16-13-14-16/h3-12,16,18-19H,2,13-14H2,1H3,(H,22,23)/t18-,19-/m1/s1. The molecule has 2 aromatic rings. The van der Waals surface area contributed by atoms with E-state index in [0.717, 1.165) is 12.8 Å². The Morgan fingerprint density at radius 3 is 2.23 bits per heavy atom. The summed E-state index contributed by atoms with van der Waals surface area (Å²) in [5, 5.41) is 2.91. The van der Waals surface area contributed by atoms with Crippen LogP contribution in [-0.2, 0) is 14.3 Å². The van der Waals surface area contributed by atoms with Gasteiger partial charge < -0.3 is 14.8 Å². The zero-order valence-electron chi connectivity index (χ0n) is 14.8. The second-order valence-electron chi connectivity index (χ2n) is 6.34. The van der Waals surface area contributed by atoms with Crippen molar-refractivity contribution >= 4 is 11.9 Å². The molecule has 1 saturated carbocycles. The van der Waals surface area contributed by atoms with E-state index in [2.05, 4.69) is 5.32 Å². The molecule has 0 aliphatic heterocycles. The Labute approximate surface area is 153 Å². The summed E-state index contributed by atoms with van der Waals surface area (Å²) < 4.78 is 11.3. The van der Waals surface area contributed by atoms with Gasteiger partial charge >= 0.3 is 5.97 Å². The van der Waals surface area contributed by atoms with Crippen molar-refractivity contribution in [2.75, 3.05) is 0 Å². The summed E-state index contributed by atoms with van der Waals surface area (Å²) in [4.78, 5) is 25.2. The van der Waals surface area contributed by atoms with E-state index < -0.39 is 18.2 Å². The quantitative estimate of drug-likeness (QED) is 0.739. The van der Waals surface area contributed by atoms with Crippen molar-refractivity contribution in [2.24, 2.45) is 0 Å². The van der Waals surface area contributed by atoms with Gasteiger partial charge in [0.2, 0.25) is 6.10 Å². The highest BCUT2D eigenvalue weighted by Gasteiger charge is 2.32. The first-order valence-corrected chi connectivity index (χ1v) is 8.95. The largest absolute Gasteiger partial charge is 0.479 e. The van der Waals surface area contributed by atoms with Gasteiger partial charge in [-0.2, -0.15) is 0 Å². The molecule has 5 nitrogen and oxygen atoms in total. The summed E-state index contributed by atoms with van der Waals surface area (Å²) in [6, 6.07) is 18.4. The number of amides is 1. The molecule has 1 amide bonds. The van der Waals surface area contributed by atoms with E-state index >= 15 is 0 Å². The maximum Gasteiger partial charge on any atom is 0.348 e. The number of carbonyl (C=O) groups is 2. The number of para-hydroxylation sites is 1. The summed E-state index contributed by atoms with van der Waals surface area (Å²) in [7, 11) is 0. The van der Waals surface area contributed by atoms with Gasteiger partial charge in [-0.1, -0.05) is 55.5 Å². The van der Waals surface area contributed by atoms with Crippen molar-refractivity contribution in [1.82, 2.24) is 5.32 Å². The lowest BCUT2D eigenvalue weighted by molar-refractivity contribution is -0.163. The van der Waals surface area contributed by atoms with Gasteiger partial charge in [-0.25, -0.2) is 4.79 Å². The van der Waals surface area contributed by atoms with Gasteiger partial charge in [-0.05, 0) is 31.4 Å². The Morgan fingerprint density at radius 2 is 1.65 bits per heavy atom. The summed E-state index contributed by atoms with van der Waals surface area (Å²) in [5.74, 6) is -0.243. The molecular weight excluding hydrogens is 330 g/mol. The SMILES string of the molecule is CC[C@@H](Oc1ccccc1)C(=O)O[C@@H](C(=O)NC1CC1)c1ccccc1. The van der Waals surface area contributed by atoms with Crippen molar-refractivity contribution in [2.45, 2.75) is 44.4 Å². The molecule has 1 N–H and O–H groups in total. The molecule has 0 aromatic heterocycles. The van der Waals surface area contributed by atoms with Gasteiger partial charge in [0.25, 0.3) is 5.91 Å². The van der Waals surface area contributed by atoms with Crippen LogP contribution in [0.4, 0.5) is 0 Å². The van der Waals surface area contributed by atoms with Crippen LogP contribution in [0.25, 0.3) is 0 Å². The molecule has 0 heterocycles. The zero-order chi connectivity index (χ0) is 18.4. The van der Waals surface area contributed by atoms with Crippen LogP contribution in [-0.4, -0.2) is 24.0 Å². The van der Waals surface area contributed by atoms with Crippen molar-refractivity contribution in [3.05, 3.63) is 66.2 Å². The number of hydrogen-bond donors (Lipinski definition) is 1. The summed E-state index contributed by atoms with van der Waals surface area (Å²) in [6.07, 6.45) is 0.640. The normalized spacial score (nSPS) is 15.6. The van der Waals surface area contributed by atoms with Crippen LogP contribution < -0.4 is 10.1 Å². The number of carbonyl (C=O) groups excluding carboxylic acids is 2. The average Bonchev–Trinajstić information content (AvgIpc) is 3.49. The molecule has 2 atom stereocenters. The van der Waals surface area contributed by atoms with E-state index in [4.69, 9.17) is 9.47 Å². The first-order chi connectivity index (χ1) is 12.7. The first-order valence-electron chi connectivity index (χ1n) is 8.95. The highest BCUT2D eigenvalue weighted by atomic mass is 16.6. The molecular formula is C21H23NO4. The molecule has 0 radical (unpaired) electrons. The molecule has 1 aliphatic carbocycles. The molecule has 1 fully saturated rings. The molecule has 3 rings (SSSR count). The van der Waals surface area contributed by atoms with E-state index in [1.807, 2.05) is 43.3 Å². The van der Waals surface area contributed by atoms with E-state index in [1.165, 1.54) is 0 Å². The van der Waals surface area contributed by atoms with E-state index in [1.54, 1.807) is 24.3 Å². The van der Waals surface area contributed by atoms with Crippen LogP contribution in [0.3, 0.4) is 0 Å². The van der Waals surface area contributed by atoms with Gasteiger partial charge in [0, 0.05) is 11.6 Å². The molecule has 1 aliphatic rings. The third-order valence-electron chi connectivity index (χ3n) is 4.15. The molecule has 5 heteroatoms. The monoisotopic (exact) mass is 353 g/mol. The predicted octanol–water partition coefficient (Wildman–Crippen LogP) is 3.41. The number of ether oxygens (including phenoxy) is 2. The topological polar surface area (TPSA) is 64.6 Å². The van der Waals surface area contributed by atoms with Crippen LogP contribution in [0.1, 0.15) is 37.9 Å². The van der Waals surface area contributed by atoms with Gasteiger partial charge in [0.15, 0.2) is 6.10 Å². The van der Waals surface area contributed by atoms with Crippen molar-refractivity contribution in [1.29, 1.82) is 0 Å². The van der Waals surface area contributed by atoms with Crippen LogP contribution in [0.5, 0.6) is 5.75 Å². The Balaban J connectivity index is 1.71. The first kappa shape index (κ1) is 18.0. The van der Waals surface area contributed by atoms with E-state index in [0.29, 0.717) is 17.7 Å². The predicted molar refractivity (Wildman–Crippen MR) is 97.6 cm³/mol. The van der Waals surface area contributed by atoms with Gasteiger partial charge in [0.05, 0.1) is 0 Å². The Hall–Kier alpha value is -2.82. The minimum atomic E-state index is -0.974. The Bertz CT molecular complexity index is 728. The Kier molecular flexibility index (Phi) is 5.89. The van der Waals surface area contributed by atoms with Gasteiger partial charge in [0.1, 0.15) is 5.75 Å². The third kappa shape index (κ3) is 4.85. The number of rotatable bonds is 8.